The molecule has 3 aromatic heterocycles. The molecule has 1 amide bonds. The molecule has 1 aliphatic rings. The number of aromatic nitrogens is 6. The Kier molecular flexibility index (Phi) is 6.08. The lowest BCUT2D eigenvalue weighted by Crippen LogP contribution is -2.52. The first-order valence-corrected chi connectivity index (χ1v) is 10.7. The predicted octanol–water partition coefficient (Wildman–Crippen LogP) is 2.05. The van der Waals surface area contributed by atoms with Gasteiger partial charge in [-0.2, -0.15) is 0 Å². The summed E-state index contributed by atoms with van der Waals surface area (Å²) in [6.45, 7) is 10.3. The van der Waals surface area contributed by atoms with E-state index in [0.717, 1.165) is 11.4 Å². The van der Waals surface area contributed by atoms with Crippen LogP contribution in [0.5, 0.6) is 0 Å². The molecule has 1 fully saturated rings. The Morgan fingerprint density at radius 1 is 1.26 bits per heavy atom. The summed E-state index contributed by atoms with van der Waals surface area (Å²) in [4.78, 5) is 37.3. The molecule has 0 spiro atoms. The van der Waals surface area contributed by atoms with Gasteiger partial charge in [-0.15, -0.1) is 0 Å². The molecule has 3 aromatic rings. The zero-order valence-electron chi connectivity index (χ0n) is 18.4. The summed E-state index contributed by atoms with van der Waals surface area (Å²) in [7, 11) is 0. The number of nitrogens with one attached hydrogen (secondary N) is 1. The second kappa shape index (κ2) is 8.93. The van der Waals surface area contributed by atoms with Crippen LogP contribution in [-0.2, 0) is 16.1 Å². The molecule has 0 aromatic carbocycles. The van der Waals surface area contributed by atoms with E-state index in [2.05, 4.69) is 25.3 Å². The van der Waals surface area contributed by atoms with Crippen molar-refractivity contribution in [3.8, 4) is 11.4 Å². The van der Waals surface area contributed by atoms with Crippen LogP contribution < -0.4 is 5.32 Å². The van der Waals surface area contributed by atoms with E-state index in [9.17, 15) is 4.79 Å². The lowest BCUT2D eigenvalue weighted by molar-refractivity contribution is -0.140. The third-order valence-electron chi connectivity index (χ3n) is 5.56. The van der Waals surface area contributed by atoms with Gasteiger partial charge < -0.3 is 19.5 Å². The molecule has 0 unspecified atom stereocenters. The smallest absolute Gasteiger partial charge is 0.245 e. The van der Waals surface area contributed by atoms with Gasteiger partial charge in [0.2, 0.25) is 5.91 Å². The number of nitrogens with zero attached hydrogens (tertiary/aromatic N) is 7. The summed E-state index contributed by atoms with van der Waals surface area (Å²) >= 11 is 0. The fraction of sp³-hybridized carbons (Fsp3) is 0.524. The van der Waals surface area contributed by atoms with Gasteiger partial charge in [0.1, 0.15) is 24.0 Å². The first kappa shape index (κ1) is 21.1. The number of ether oxygens (including phenoxy) is 1. The molecule has 0 bridgehead atoms. The highest BCUT2D eigenvalue weighted by Gasteiger charge is 2.30. The van der Waals surface area contributed by atoms with Gasteiger partial charge in [0.25, 0.3) is 0 Å². The van der Waals surface area contributed by atoms with Crippen LogP contribution in [0.15, 0.2) is 18.7 Å². The van der Waals surface area contributed by atoms with Gasteiger partial charge in [0.05, 0.1) is 24.8 Å². The maximum Gasteiger partial charge on any atom is 0.245 e. The number of hydrogen-bond donors (Lipinski definition) is 1. The number of carbonyl (C=O) groups is 1. The van der Waals surface area contributed by atoms with Crippen molar-refractivity contribution >= 4 is 22.9 Å². The molecule has 1 aliphatic heterocycles. The second-order valence-electron chi connectivity index (χ2n) is 7.65. The Hall–Kier alpha value is -3.14. The van der Waals surface area contributed by atoms with Gasteiger partial charge in [0.15, 0.2) is 17.0 Å². The minimum absolute atomic E-state index is 0.0483. The minimum Gasteiger partial charge on any atom is -0.377 e. The molecule has 2 atom stereocenters. The van der Waals surface area contributed by atoms with E-state index in [1.54, 1.807) is 12.4 Å². The number of morpholine rings is 1. The average Bonchev–Trinajstić information content (AvgIpc) is 3.17. The molecule has 1 N–H and O–H groups in total. The van der Waals surface area contributed by atoms with E-state index in [-0.39, 0.29) is 11.9 Å². The van der Waals surface area contributed by atoms with Crippen LogP contribution in [0.2, 0.25) is 0 Å². The standard InChI is InChI=1S/C21H28N8O2/c1-5-16(21(30)29-7-8-31-11-13(29)3)26-18-17-20(25-12-24-18)28(6-2)19(27-17)15-9-22-14(4)23-10-15/h9-10,12-13,16H,5-8,11H2,1-4H3,(H,24,25,26)/t13-,16+/m0/s1. The van der Waals surface area contributed by atoms with E-state index in [1.807, 2.05) is 37.2 Å². The summed E-state index contributed by atoms with van der Waals surface area (Å²) in [6.07, 6.45) is 5.65. The molecule has 4 heterocycles. The molecule has 10 nitrogen and oxygen atoms in total. The fourth-order valence-corrected chi connectivity index (χ4v) is 3.83. The maximum atomic E-state index is 13.2. The van der Waals surface area contributed by atoms with Crippen LogP contribution in [0.3, 0.4) is 0 Å². The Labute approximate surface area is 181 Å². The summed E-state index contributed by atoms with van der Waals surface area (Å²) in [5, 5.41) is 3.32. The van der Waals surface area contributed by atoms with Crippen LogP contribution in [0.25, 0.3) is 22.6 Å². The van der Waals surface area contributed by atoms with Crippen molar-refractivity contribution in [2.75, 3.05) is 25.1 Å². The average molecular weight is 425 g/mol. The van der Waals surface area contributed by atoms with Crippen LogP contribution in [0.4, 0.5) is 5.82 Å². The Morgan fingerprint density at radius 3 is 2.71 bits per heavy atom. The summed E-state index contributed by atoms with van der Waals surface area (Å²) in [5.74, 6) is 2.02. The minimum atomic E-state index is -0.406. The van der Waals surface area contributed by atoms with Crippen molar-refractivity contribution in [3.05, 3.63) is 24.5 Å². The van der Waals surface area contributed by atoms with Gasteiger partial charge in [-0.25, -0.2) is 24.9 Å². The van der Waals surface area contributed by atoms with Crippen LogP contribution in [0.1, 0.15) is 33.0 Å². The van der Waals surface area contributed by atoms with Gasteiger partial charge >= 0.3 is 0 Å². The number of anilines is 1. The first-order chi connectivity index (χ1) is 15.0. The van der Waals surface area contributed by atoms with Crippen LogP contribution in [-0.4, -0.2) is 72.1 Å². The van der Waals surface area contributed by atoms with Crippen LogP contribution in [0, 0.1) is 6.92 Å². The zero-order valence-corrected chi connectivity index (χ0v) is 18.4. The fourth-order valence-electron chi connectivity index (χ4n) is 3.83. The molecule has 31 heavy (non-hydrogen) atoms. The third-order valence-corrected chi connectivity index (χ3v) is 5.56. The van der Waals surface area contributed by atoms with E-state index in [0.29, 0.717) is 55.5 Å². The van der Waals surface area contributed by atoms with E-state index in [1.165, 1.54) is 6.33 Å². The number of rotatable bonds is 6. The van der Waals surface area contributed by atoms with E-state index in [4.69, 9.17) is 9.72 Å². The summed E-state index contributed by atoms with van der Waals surface area (Å²) in [5.41, 5.74) is 2.14. The highest BCUT2D eigenvalue weighted by atomic mass is 16.5. The molecule has 164 valence electrons. The maximum absolute atomic E-state index is 13.2. The first-order valence-electron chi connectivity index (χ1n) is 10.7. The van der Waals surface area contributed by atoms with Crippen molar-refractivity contribution in [1.29, 1.82) is 0 Å². The van der Waals surface area contributed by atoms with Crippen molar-refractivity contribution < 1.29 is 9.53 Å². The Bertz CT molecular complexity index is 1070. The number of aryl methyl sites for hydroxylation is 2. The Morgan fingerprint density at radius 2 is 2.03 bits per heavy atom. The molecule has 0 aliphatic carbocycles. The van der Waals surface area contributed by atoms with Gasteiger partial charge in [-0.1, -0.05) is 6.92 Å². The number of fused-ring (bicyclic) bond motifs is 1. The predicted molar refractivity (Wildman–Crippen MR) is 116 cm³/mol. The lowest BCUT2D eigenvalue weighted by Gasteiger charge is -2.35. The van der Waals surface area contributed by atoms with Crippen molar-refractivity contribution in [2.45, 2.75) is 52.7 Å². The largest absolute Gasteiger partial charge is 0.377 e. The SMILES string of the molecule is CC[C@@H](Nc1ncnc2c1nc(-c1cnc(C)nc1)n2CC)C(=O)N1CCOC[C@@H]1C. The number of hydrogen-bond acceptors (Lipinski definition) is 8. The quantitative estimate of drug-likeness (QED) is 0.640. The lowest BCUT2D eigenvalue weighted by atomic mass is 10.1. The monoisotopic (exact) mass is 424 g/mol. The van der Waals surface area contributed by atoms with E-state index < -0.39 is 6.04 Å². The highest BCUT2D eigenvalue weighted by Crippen LogP contribution is 2.27. The molecule has 0 radical (unpaired) electrons. The van der Waals surface area contributed by atoms with Crippen molar-refractivity contribution in [1.82, 2.24) is 34.4 Å². The Balaban J connectivity index is 1.69. The zero-order chi connectivity index (χ0) is 22.0. The molecule has 10 heteroatoms. The van der Waals surface area contributed by atoms with Crippen molar-refractivity contribution in [3.63, 3.8) is 0 Å². The second-order valence-corrected chi connectivity index (χ2v) is 7.65. The van der Waals surface area contributed by atoms with E-state index >= 15 is 0 Å². The number of imidazole rings is 1. The molecule has 1 saturated heterocycles. The van der Waals surface area contributed by atoms with Crippen LogP contribution >= 0.6 is 0 Å². The van der Waals surface area contributed by atoms with Crippen molar-refractivity contribution in [2.24, 2.45) is 0 Å². The highest BCUT2D eigenvalue weighted by molar-refractivity contribution is 5.90. The van der Waals surface area contributed by atoms with Gasteiger partial charge in [-0.05, 0) is 27.2 Å². The number of carbonyl (C=O) groups excluding carboxylic acids is 1. The molecule has 0 saturated carbocycles. The summed E-state index contributed by atoms with van der Waals surface area (Å²) < 4.78 is 7.47. The normalized spacial score (nSPS) is 17.7. The van der Waals surface area contributed by atoms with Gasteiger partial charge in [-0.3, -0.25) is 4.79 Å². The molecular weight excluding hydrogens is 396 g/mol. The molecular formula is C21H28N8O2. The number of amides is 1. The van der Waals surface area contributed by atoms with Gasteiger partial charge in [0, 0.05) is 25.5 Å². The molecule has 4 rings (SSSR count). The third kappa shape index (κ3) is 4.07. The topological polar surface area (TPSA) is 111 Å². The summed E-state index contributed by atoms with van der Waals surface area (Å²) in [6, 6.07) is -0.355.